The largest absolute Gasteiger partial charge is 0.361 e. The standard InChI is InChI=1S/C13H18N2O/c1-2-16-10-15-9-7-12-11(6-8-14)4-3-5-13(12)15/h3-5,7,9H,2,6,8,10,14H2,1H3. The highest BCUT2D eigenvalue weighted by Crippen LogP contribution is 2.20. The van der Waals surface area contributed by atoms with Gasteiger partial charge in [0, 0.05) is 18.2 Å². The van der Waals surface area contributed by atoms with Gasteiger partial charge in [-0.15, -0.1) is 0 Å². The fourth-order valence-corrected chi connectivity index (χ4v) is 1.96. The van der Waals surface area contributed by atoms with Gasteiger partial charge in [-0.1, -0.05) is 12.1 Å². The van der Waals surface area contributed by atoms with Gasteiger partial charge in [-0.05, 0) is 37.6 Å². The number of rotatable bonds is 5. The molecule has 0 saturated heterocycles. The second kappa shape index (κ2) is 5.14. The Bertz CT molecular complexity index is 462. The average Bonchev–Trinajstić information content (AvgIpc) is 2.71. The minimum atomic E-state index is 0.617. The Morgan fingerprint density at radius 1 is 1.31 bits per heavy atom. The lowest BCUT2D eigenvalue weighted by Crippen LogP contribution is -2.03. The Balaban J connectivity index is 2.36. The lowest BCUT2D eigenvalue weighted by molar-refractivity contribution is 0.0909. The Hall–Kier alpha value is -1.32. The van der Waals surface area contributed by atoms with Gasteiger partial charge in [-0.2, -0.15) is 0 Å². The molecule has 0 aliphatic carbocycles. The van der Waals surface area contributed by atoms with E-state index in [-0.39, 0.29) is 0 Å². The van der Waals surface area contributed by atoms with E-state index in [1.54, 1.807) is 0 Å². The van der Waals surface area contributed by atoms with Crippen molar-refractivity contribution in [1.29, 1.82) is 0 Å². The van der Waals surface area contributed by atoms with Crippen LogP contribution >= 0.6 is 0 Å². The number of fused-ring (bicyclic) bond motifs is 1. The topological polar surface area (TPSA) is 40.2 Å². The van der Waals surface area contributed by atoms with Crippen molar-refractivity contribution >= 4 is 10.9 Å². The molecule has 86 valence electrons. The van der Waals surface area contributed by atoms with Gasteiger partial charge in [0.25, 0.3) is 0 Å². The van der Waals surface area contributed by atoms with Crippen molar-refractivity contribution in [2.24, 2.45) is 5.73 Å². The van der Waals surface area contributed by atoms with Crippen LogP contribution in [0, 0.1) is 0 Å². The lowest BCUT2D eigenvalue weighted by atomic mass is 10.1. The van der Waals surface area contributed by atoms with E-state index in [9.17, 15) is 0 Å². The maximum atomic E-state index is 5.61. The quantitative estimate of drug-likeness (QED) is 0.835. The lowest BCUT2D eigenvalue weighted by Gasteiger charge is -2.06. The van der Waals surface area contributed by atoms with Crippen LogP contribution in [0.2, 0.25) is 0 Å². The van der Waals surface area contributed by atoms with Gasteiger partial charge in [0.05, 0.1) is 5.52 Å². The molecule has 0 saturated carbocycles. The van der Waals surface area contributed by atoms with Crippen molar-refractivity contribution in [3.05, 3.63) is 36.0 Å². The molecule has 3 heteroatoms. The summed E-state index contributed by atoms with van der Waals surface area (Å²) in [7, 11) is 0. The van der Waals surface area contributed by atoms with Gasteiger partial charge in [0.1, 0.15) is 6.73 Å². The third-order valence-corrected chi connectivity index (χ3v) is 2.75. The van der Waals surface area contributed by atoms with Crippen LogP contribution in [0.1, 0.15) is 12.5 Å². The van der Waals surface area contributed by atoms with Crippen molar-refractivity contribution in [2.45, 2.75) is 20.1 Å². The van der Waals surface area contributed by atoms with Crippen molar-refractivity contribution in [1.82, 2.24) is 4.57 Å². The highest BCUT2D eigenvalue weighted by atomic mass is 16.5. The summed E-state index contributed by atoms with van der Waals surface area (Å²) in [5.74, 6) is 0. The molecule has 1 heterocycles. The number of nitrogens with two attached hydrogens (primary N) is 1. The fourth-order valence-electron chi connectivity index (χ4n) is 1.96. The summed E-state index contributed by atoms with van der Waals surface area (Å²) in [4.78, 5) is 0. The predicted molar refractivity (Wildman–Crippen MR) is 66.3 cm³/mol. The highest BCUT2D eigenvalue weighted by molar-refractivity contribution is 5.83. The van der Waals surface area contributed by atoms with Crippen LogP contribution < -0.4 is 5.73 Å². The van der Waals surface area contributed by atoms with Crippen LogP contribution in [0.25, 0.3) is 10.9 Å². The van der Waals surface area contributed by atoms with Gasteiger partial charge < -0.3 is 15.0 Å². The van der Waals surface area contributed by atoms with Crippen molar-refractivity contribution < 1.29 is 4.74 Å². The van der Waals surface area contributed by atoms with E-state index in [1.807, 2.05) is 6.92 Å². The van der Waals surface area contributed by atoms with Crippen molar-refractivity contribution in [3.63, 3.8) is 0 Å². The molecule has 0 atom stereocenters. The molecule has 0 bridgehead atoms. The number of ether oxygens (including phenoxy) is 1. The van der Waals surface area contributed by atoms with Crippen LogP contribution in [0.15, 0.2) is 30.5 Å². The Morgan fingerprint density at radius 3 is 2.94 bits per heavy atom. The zero-order valence-electron chi connectivity index (χ0n) is 9.65. The molecule has 0 aliphatic rings. The third-order valence-electron chi connectivity index (χ3n) is 2.75. The zero-order chi connectivity index (χ0) is 11.4. The second-order valence-electron chi connectivity index (χ2n) is 3.80. The molecular weight excluding hydrogens is 200 g/mol. The normalized spacial score (nSPS) is 11.1. The summed E-state index contributed by atoms with van der Waals surface area (Å²) < 4.78 is 7.55. The summed E-state index contributed by atoms with van der Waals surface area (Å²) in [5.41, 5.74) is 8.14. The van der Waals surface area contributed by atoms with E-state index in [1.165, 1.54) is 16.5 Å². The molecule has 3 nitrogen and oxygen atoms in total. The minimum Gasteiger partial charge on any atom is -0.361 e. The first kappa shape index (κ1) is 11.2. The molecule has 0 radical (unpaired) electrons. The SMILES string of the molecule is CCOCn1ccc2c(CCN)cccc21. The van der Waals surface area contributed by atoms with Crippen LogP contribution in [-0.2, 0) is 17.9 Å². The molecule has 16 heavy (non-hydrogen) atoms. The first-order chi connectivity index (χ1) is 7.86. The molecule has 2 rings (SSSR count). The fraction of sp³-hybridized carbons (Fsp3) is 0.385. The molecule has 0 unspecified atom stereocenters. The van der Waals surface area contributed by atoms with Crippen molar-refractivity contribution in [3.8, 4) is 0 Å². The number of hydrogen-bond acceptors (Lipinski definition) is 2. The van der Waals surface area contributed by atoms with E-state index >= 15 is 0 Å². The maximum absolute atomic E-state index is 5.61. The minimum absolute atomic E-state index is 0.617. The van der Waals surface area contributed by atoms with Crippen LogP contribution in [0.4, 0.5) is 0 Å². The van der Waals surface area contributed by atoms with Gasteiger partial charge in [-0.25, -0.2) is 0 Å². The number of aromatic nitrogens is 1. The molecular formula is C13H18N2O. The van der Waals surface area contributed by atoms with E-state index in [0.717, 1.165) is 13.0 Å². The molecule has 0 aliphatic heterocycles. The van der Waals surface area contributed by atoms with Crippen LogP contribution in [-0.4, -0.2) is 17.7 Å². The summed E-state index contributed by atoms with van der Waals surface area (Å²) in [5, 5.41) is 1.28. The van der Waals surface area contributed by atoms with Gasteiger partial charge in [0.2, 0.25) is 0 Å². The number of benzene rings is 1. The Kier molecular flexibility index (Phi) is 3.59. The third kappa shape index (κ3) is 2.10. The van der Waals surface area contributed by atoms with Crippen molar-refractivity contribution in [2.75, 3.05) is 13.2 Å². The Morgan fingerprint density at radius 2 is 2.19 bits per heavy atom. The first-order valence-electron chi connectivity index (χ1n) is 5.71. The Labute approximate surface area is 95.8 Å². The van der Waals surface area contributed by atoms with E-state index in [4.69, 9.17) is 10.5 Å². The first-order valence-corrected chi connectivity index (χ1v) is 5.71. The summed E-state index contributed by atoms with van der Waals surface area (Å²) in [6.45, 7) is 4.05. The van der Waals surface area contributed by atoms with E-state index in [2.05, 4.69) is 35.0 Å². The summed E-state index contributed by atoms with van der Waals surface area (Å²) >= 11 is 0. The van der Waals surface area contributed by atoms with Gasteiger partial charge in [-0.3, -0.25) is 0 Å². The van der Waals surface area contributed by atoms with Gasteiger partial charge in [0.15, 0.2) is 0 Å². The molecule has 0 amide bonds. The molecule has 1 aromatic heterocycles. The molecule has 2 aromatic rings. The smallest absolute Gasteiger partial charge is 0.122 e. The zero-order valence-corrected chi connectivity index (χ0v) is 9.65. The van der Waals surface area contributed by atoms with E-state index < -0.39 is 0 Å². The average molecular weight is 218 g/mol. The number of nitrogens with zero attached hydrogens (tertiary/aromatic N) is 1. The maximum Gasteiger partial charge on any atom is 0.122 e. The summed E-state index contributed by atoms with van der Waals surface area (Å²) in [6, 6.07) is 8.48. The van der Waals surface area contributed by atoms with Gasteiger partial charge >= 0.3 is 0 Å². The highest BCUT2D eigenvalue weighted by Gasteiger charge is 2.04. The molecule has 2 N–H and O–H groups in total. The number of hydrogen-bond donors (Lipinski definition) is 1. The van der Waals surface area contributed by atoms with Crippen LogP contribution in [0.3, 0.4) is 0 Å². The second-order valence-corrected chi connectivity index (χ2v) is 3.80. The van der Waals surface area contributed by atoms with Crippen LogP contribution in [0.5, 0.6) is 0 Å². The molecule has 0 fully saturated rings. The summed E-state index contributed by atoms with van der Waals surface area (Å²) in [6.07, 6.45) is 3.00. The monoisotopic (exact) mass is 218 g/mol. The predicted octanol–water partition coefficient (Wildman–Crippen LogP) is 2.14. The van der Waals surface area contributed by atoms with E-state index in [0.29, 0.717) is 13.3 Å². The molecule has 1 aromatic carbocycles. The molecule has 0 spiro atoms.